The van der Waals surface area contributed by atoms with E-state index in [1.165, 1.54) is 16.8 Å². The van der Waals surface area contributed by atoms with Crippen molar-refractivity contribution in [3.8, 4) is 11.5 Å². The fourth-order valence-electron chi connectivity index (χ4n) is 2.17. The maximum Gasteiger partial charge on any atom is 0.305 e. The van der Waals surface area contributed by atoms with Gasteiger partial charge in [-0.05, 0) is 35.3 Å². The number of carboxylic acids is 1. The number of tetrazole rings is 1. The van der Waals surface area contributed by atoms with Crippen LogP contribution in [0.5, 0.6) is 0 Å². The lowest BCUT2D eigenvalue weighted by Crippen LogP contribution is -2.19. The highest BCUT2D eigenvalue weighted by Gasteiger charge is 2.36. The first-order valence-electron chi connectivity index (χ1n) is 6.21. The van der Waals surface area contributed by atoms with Crippen molar-refractivity contribution in [2.45, 2.75) is 25.3 Å². The van der Waals surface area contributed by atoms with Gasteiger partial charge < -0.3 is 5.11 Å². The number of aromatic nitrogens is 6. The van der Waals surface area contributed by atoms with Gasteiger partial charge in [0.05, 0.1) is 12.5 Å². The Bertz CT molecular complexity index is 669. The molecule has 0 spiro atoms. The van der Waals surface area contributed by atoms with Gasteiger partial charge in [-0.25, -0.2) is 9.78 Å². The van der Waals surface area contributed by atoms with Crippen molar-refractivity contribution >= 4 is 5.97 Å². The first-order chi connectivity index (χ1) is 9.65. The van der Waals surface area contributed by atoms with E-state index in [0.717, 1.165) is 12.8 Å². The van der Waals surface area contributed by atoms with E-state index in [1.807, 2.05) is 0 Å². The average Bonchev–Trinajstić information content (AvgIpc) is 3.14. The van der Waals surface area contributed by atoms with Crippen LogP contribution in [-0.2, 0) is 4.79 Å². The summed E-state index contributed by atoms with van der Waals surface area (Å²) < 4.78 is 1.49. The van der Waals surface area contributed by atoms with Crippen LogP contribution < -0.4 is 5.56 Å². The zero-order valence-corrected chi connectivity index (χ0v) is 10.4. The molecule has 2 N–H and O–H groups in total. The second kappa shape index (κ2) is 4.83. The van der Waals surface area contributed by atoms with E-state index < -0.39 is 5.97 Å². The molecular weight excluding hydrogens is 264 g/mol. The summed E-state index contributed by atoms with van der Waals surface area (Å²) in [5, 5.41) is 26.6. The Balaban J connectivity index is 1.97. The summed E-state index contributed by atoms with van der Waals surface area (Å²) in [4.78, 5) is 22.0. The molecule has 9 nitrogen and oxygen atoms in total. The summed E-state index contributed by atoms with van der Waals surface area (Å²) in [5.74, 6) is -0.256. The Hall–Kier alpha value is -2.58. The zero-order chi connectivity index (χ0) is 14.1. The van der Waals surface area contributed by atoms with Gasteiger partial charge in [0, 0.05) is 6.07 Å². The molecule has 2 aromatic heterocycles. The smallest absolute Gasteiger partial charge is 0.305 e. The Kier molecular flexibility index (Phi) is 3.01. The van der Waals surface area contributed by atoms with E-state index in [9.17, 15) is 9.59 Å². The number of carbonyl (C=O) groups is 1. The Morgan fingerprint density at radius 3 is 2.90 bits per heavy atom. The van der Waals surface area contributed by atoms with Gasteiger partial charge >= 0.3 is 5.97 Å². The number of aromatic amines is 1. The fraction of sp³-hybridized carbons (Fsp3) is 0.455. The van der Waals surface area contributed by atoms with E-state index >= 15 is 0 Å². The predicted molar refractivity (Wildman–Crippen MR) is 65.7 cm³/mol. The van der Waals surface area contributed by atoms with E-state index in [0.29, 0.717) is 11.5 Å². The van der Waals surface area contributed by atoms with Crippen LogP contribution in [0.2, 0.25) is 0 Å². The molecule has 1 unspecified atom stereocenters. The topological polar surface area (TPSA) is 127 Å². The molecule has 0 aliphatic heterocycles. The highest BCUT2D eigenvalue weighted by atomic mass is 16.4. The Morgan fingerprint density at radius 2 is 2.30 bits per heavy atom. The lowest BCUT2D eigenvalue weighted by Gasteiger charge is -2.15. The van der Waals surface area contributed by atoms with Gasteiger partial charge in [0.25, 0.3) is 5.56 Å². The molecule has 0 bridgehead atoms. The number of nitrogens with zero attached hydrogens (tertiary/aromatic N) is 5. The summed E-state index contributed by atoms with van der Waals surface area (Å²) in [6, 6.07) is 2.54. The molecule has 0 amide bonds. The molecule has 0 radical (unpaired) electrons. The molecule has 104 valence electrons. The van der Waals surface area contributed by atoms with E-state index in [1.54, 1.807) is 0 Å². The second-order valence-electron chi connectivity index (χ2n) is 4.76. The van der Waals surface area contributed by atoms with Crippen molar-refractivity contribution in [2.75, 3.05) is 0 Å². The number of H-pyrrole nitrogens is 1. The standard InChI is InChI=1S/C11H12N6O3/c18-9-4-3-7(12-13-9)11-14-15-16-17(11)8(5-10(19)20)6-1-2-6/h3-4,6,8H,1-2,5H2,(H,13,18)(H,19,20). The monoisotopic (exact) mass is 276 g/mol. The van der Waals surface area contributed by atoms with Crippen molar-refractivity contribution in [2.24, 2.45) is 5.92 Å². The van der Waals surface area contributed by atoms with Gasteiger partial charge in [-0.1, -0.05) is 0 Å². The number of hydrogen-bond acceptors (Lipinski definition) is 6. The molecule has 0 aromatic carbocycles. The minimum atomic E-state index is -0.891. The quantitative estimate of drug-likeness (QED) is 0.777. The molecule has 1 saturated carbocycles. The van der Waals surface area contributed by atoms with Crippen molar-refractivity contribution in [3.63, 3.8) is 0 Å². The normalized spacial score (nSPS) is 16.0. The van der Waals surface area contributed by atoms with Crippen LogP contribution in [0.3, 0.4) is 0 Å². The van der Waals surface area contributed by atoms with Gasteiger partial charge in [-0.2, -0.15) is 5.10 Å². The van der Waals surface area contributed by atoms with Crippen molar-refractivity contribution in [1.82, 2.24) is 30.4 Å². The third-order valence-electron chi connectivity index (χ3n) is 3.27. The van der Waals surface area contributed by atoms with Crippen LogP contribution in [0.1, 0.15) is 25.3 Å². The molecule has 0 saturated heterocycles. The summed E-state index contributed by atoms with van der Waals surface area (Å²) in [6.07, 6.45) is 1.90. The van der Waals surface area contributed by atoms with E-state index in [-0.39, 0.29) is 23.9 Å². The highest BCUT2D eigenvalue weighted by molar-refractivity contribution is 5.67. The summed E-state index contributed by atoms with van der Waals surface area (Å²) >= 11 is 0. The first kappa shape index (κ1) is 12.5. The largest absolute Gasteiger partial charge is 0.481 e. The summed E-state index contributed by atoms with van der Waals surface area (Å²) in [5.41, 5.74) is 0.0858. The van der Waals surface area contributed by atoms with Crippen LogP contribution in [0.15, 0.2) is 16.9 Å². The predicted octanol–water partition coefficient (Wildman–Crippen LogP) is -0.151. The minimum absolute atomic E-state index is 0.0357. The number of hydrogen-bond donors (Lipinski definition) is 2. The van der Waals surface area contributed by atoms with Crippen LogP contribution in [0.4, 0.5) is 0 Å². The first-order valence-corrected chi connectivity index (χ1v) is 6.21. The lowest BCUT2D eigenvalue weighted by molar-refractivity contribution is -0.138. The van der Waals surface area contributed by atoms with Crippen LogP contribution in [0.25, 0.3) is 11.5 Å². The van der Waals surface area contributed by atoms with Gasteiger partial charge in [0.2, 0.25) is 5.82 Å². The van der Waals surface area contributed by atoms with Crippen LogP contribution >= 0.6 is 0 Å². The summed E-state index contributed by atoms with van der Waals surface area (Å²) in [7, 11) is 0. The third-order valence-corrected chi connectivity index (χ3v) is 3.27. The highest BCUT2D eigenvalue weighted by Crippen LogP contribution is 2.42. The molecule has 1 fully saturated rings. The molecule has 1 atom stereocenters. The maximum atomic E-state index is 11.0. The number of carboxylic acid groups (broad SMARTS) is 1. The Morgan fingerprint density at radius 1 is 1.50 bits per heavy atom. The van der Waals surface area contributed by atoms with Gasteiger partial charge in [-0.15, -0.1) is 5.10 Å². The van der Waals surface area contributed by atoms with Gasteiger partial charge in [0.15, 0.2) is 0 Å². The SMILES string of the molecule is O=C(O)CC(C1CC1)n1nnnc1-c1ccc(=O)[nH]n1. The third kappa shape index (κ3) is 2.42. The molecule has 3 rings (SSSR count). The fourth-order valence-corrected chi connectivity index (χ4v) is 2.17. The lowest BCUT2D eigenvalue weighted by atomic mass is 10.1. The molecule has 2 heterocycles. The van der Waals surface area contributed by atoms with Crippen molar-refractivity contribution < 1.29 is 9.90 Å². The number of nitrogens with one attached hydrogen (secondary N) is 1. The van der Waals surface area contributed by atoms with Gasteiger partial charge in [0.1, 0.15) is 5.69 Å². The Labute approximate surface area is 112 Å². The molecule has 1 aliphatic carbocycles. The number of aliphatic carboxylic acids is 1. The molecule has 9 heteroatoms. The zero-order valence-electron chi connectivity index (χ0n) is 10.4. The van der Waals surface area contributed by atoms with Crippen molar-refractivity contribution in [3.05, 3.63) is 22.5 Å². The molecule has 2 aromatic rings. The molecule has 1 aliphatic rings. The number of rotatable bonds is 5. The maximum absolute atomic E-state index is 11.0. The van der Waals surface area contributed by atoms with E-state index in [4.69, 9.17) is 5.11 Å². The van der Waals surface area contributed by atoms with E-state index in [2.05, 4.69) is 25.7 Å². The second-order valence-corrected chi connectivity index (χ2v) is 4.76. The molecule has 20 heavy (non-hydrogen) atoms. The van der Waals surface area contributed by atoms with Crippen LogP contribution in [-0.4, -0.2) is 41.5 Å². The summed E-state index contributed by atoms with van der Waals surface area (Å²) in [6.45, 7) is 0. The average molecular weight is 276 g/mol. The minimum Gasteiger partial charge on any atom is -0.481 e. The molecular formula is C11H12N6O3. The van der Waals surface area contributed by atoms with Gasteiger partial charge in [-0.3, -0.25) is 9.59 Å². The van der Waals surface area contributed by atoms with Crippen molar-refractivity contribution in [1.29, 1.82) is 0 Å². The van der Waals surface area contributed by atoms with Crippen LogP contribution in [0, 0.1) is 5.92 Å².